The molecule has 0 aliphatic rings. The zero-order valence-corrected chi connectivity index (χ0v) is 14.5. The van der Waals surface area contributed by atoms with E-state index >= 15 is 0 Å². The molecule has 1 aromatic heterocycles. The zero-order valence-electron chi connectivity index (χ0n) is 13.8. The molecule has 6 heteroatoms. The number of hydrogen-bond donors (Lipinski definition) is 1. The molecule has 0 bridgehead atoms. The first kappa shape index (κ1) is 16.2. The quantitative estimate of drug-likeness (QED) is 0.749. The van der Waals surface area contributed by atoms with Crippen molar-refractivity contribution < 1.29 is 0 Å². The predicted octanol–water partition coefficient (Wildman–Crippen LogP) is 4.65. The van der Waals surface area contributed by atoms with Crippen LogP contribution in [0, 0.1) is 13.8 Å². The van der Waals surface area contributed by atoms with Gasteiger partial charge in [-0.15, -0.1) is 5.10 Å². The SMILES string of the molecule is Cc1cc(C)c(Nc2cnnc(N(C)c3ccccc3)n2)c(Cl)c1. The minimum Gasteiger partial charge on any atom is -0.337 e. The summed E-state index contributed by atoms with van der Waals surface area (Å²) in [6, 6.07) is 13.9. The Morgan fingerprint density at radius 1 is 1.08 bits per heavy atom. The van der Waals surface area contributed by atoms with E-state index in [9.17, 15) is 0 Å². The summed E-state index contributed by atoms with van der Waals surface area (Å²) in [6.45, 7) is 4.02. The van der Waals surface area contributed by atoms with Gasteiger partial charge in [0.25, 0.3) is 5.95 Å². The highest BCUT2D eigenvalue weighted by Crippen LogP contribution is 2.30. The van der Waals surface area contributed by atoms with Crippen molar-refractivity contribution in [3.05, 3.63) is 64.8 Å². The van der Waals surface area contributed by atoms with Crippen LogP contribution in [-0.4, -0.2) is 22.2 Å². The fourth-order valence-electron chi connectivity index (χ4n) is 2.47. The van der Waals surface area contributed by atoms with Gasteiger partial charge in [0.2, 0.25) is 0 Å². The van der Waals surface area contributed by atoms with Gasteiger partial charge in [0.1, 0.15) is 0 Å². The van der Waals surface area contributed by atoms with E-state index in [1.54, 1.807) is 6.20 Å². The molecule has 3 rings (SSSR count). The molecule has 1 heterocycles. The van der Waals surface area contributed by atoms with Gasteiger partial charge in [0.05, 0.1) is 16.9 Å². The van der Waals surface area contributed by atoms with Gasteiger partial charge in [-0.05, 0) is 43.2 Å². The number of halogens is 1. The standard InChI is InChI=1S/C18H18ClN5/c1-12-9-13(2)17(15(19)10-12)21-16-11-20-23-18(22-16)24(3)14-7-5-4-6-8-14/h4-11H,1-3H3,(H,21,22,23). The van der Waals surface area contributed by atoms with Crippen LogP contribution in [0.15, 0.2) is 48.7 Å². The third kappa shape index (κ3) is 3.46. The van der Waals surface area contributed by atoms with Crippen LogP contribution in [0.2, 0.25) is 5.02 Å². The Kier molecular flexibility index (Phi) is 4.62. The van der Waals surface area contributed by atoms with Crippen LogP contribution < -0.4 is 10.2 Å². The van der Waals surface area contributed by atoms with Crippen LogP contribution in [0.4, 0.5) is 23.1 Å². The molecule has 0 radical (unpaired) electrons. The lowest BCUT2D eigenvalue weighted by Crippen LogP contribution is -2.14. The number of benzene rings is 2. The number of aryl methyl sites for hydroxylation is 2. The maximum absolute atomic E-state index is 6.35. The van der Waals surface area contributed by atoms with E-state index in [1.807, 2.05) is 62.2 Å². The summed E-state index contributed by atoms with van der Waals surface area (Å²) in [5, 5.41) is 12.1. The minimum absolute atomic E-state index is 0.507. The fraction of sp³-hybridized carbons (Fsp3) is 0.167. The molecule has 122 valence electrons. The van der Waals surface area contributed by atoms with Gasteiger partial charge in [-0.2, -0.15) is 10.1 Å². The summed E-state index contributed by atoms with van der Waals surface area (Å²) >= 11 is 6.35. The lowest BCUT2D eigenvalue weighted by molar-refractivity contribution is 0.932. The number of rotatable bonds is 4. The highest BCUT2D eigenvalue weighted by Gasteiger charge is 2.11. The van der Waals surface area contributed by atoms with Gasteiger partial charge in [-0.25, -0.2) is 0 Å². The maximum Gasteiger partial charge on any atom is 0.251 e. The van der Waals surface area contributed by atoms with Crippen molar-refractivity contribution in [1.29, 1.82) is 0 Å². The molecule has 0 amide bonds. The Morgan fingerprint density at radius 3 is 2.54 bits per heavy atom. The Labute approximate surface area is 146 Å². The van der Waals surface area contributed by atoms with Gasteiger partial charge in [0.15, 0.2) is 5.82 Å². The minimum atomic E-state index is 0.507. The molecule has 0 aliphatic heterocycles. The second kappa shape index (κ2) is 6.84. The maximum atomic E-state index is 6.35. The van der Waals surface area contributed by atoms with Crippen molar-refractivity contribution in [2.45, 2.75) is 13.8 Å². The first-order valence-electron chi connectivity index (χ1n) is 7.57. The van der Waals surface area contributed by atoms with E-state index in [1.165, 1.54) is 0 Å². The monoisotopic (exact) mass is 339 g/mol. The molecule has 0 atom stereocenters. The van der Waals surface area contributed by atoms with Crippen LogP contribution in [0.5, 0.6) is 0 Å². The van der Waals surface area contributed by atoms with Gasteiger partial charge in [0, 0.05) is 12.7 Å². The van der Waals surface area contributed by atoms with E-state index < -0.39 is 0 Å². The molecule has 5 nitrogen and oxygen atoms in total. The fourth-order valence-corrected chi connectivity index (χ4v) is 2.83. The Hall–Kier alpha value is -2.66. The van der Waals surface area contributed by atoms with Gasteiger partial charge in [-0.1, -0.05) is 35.9 Å². The molecule has 1 N–H and O–H groups in total. The number of aromatic nitrogens is 3. The molecule has 0 spiro atoms. The molecule has 0 aliphatic carbocycles. The van der Waals surface area contributed by atoms with Crippen molar-refractivity contribution in [3.63, 3.8) is 0 Å². The Bertz CT molecular complexity index is 828. The average molecular weight is 340 g/mol. The predicted molar refractivity (Wildman–Crippen MR) is 98.5 cm³/mol. The van der Waals surface area contributed by atoms with Crippen LogP contribution in [0.1, 0.15) is 11.1 Å². The Balaban J connectivity index is 1.89. The van der Waals surface area contributed by atoms with Crippen LogP contribution in [-0.2, 0) is 0 Å². The molecule has 0 saturated heterocycles. The molecule has 3 aromatic rings. The summed E-state index contributed by atoms with van der Waals surface area (Å²) in [7, 11) is 1.90. The first-order valence-corrected chi connectivity index (χ1v) is 7.94. The summed E-state index contributed by atoms with van der Waals surface area (Å²) in [5.74, 6) is 1.10. The lowest BCUT2D eigenvalue weighted by Gasteiger charge is -2.17. The number of para-hydroxylation sites is 1. The summed E-state index contributed by atoms with van der Waals surface area (Å²) in [6.07, 6.45) is 1.58. The molecular weight excluding hydrogens is 322 g/mol. The van der Waals surface area contributed by atoms with E-state index in [0.717, 1.165) is 22.5 Å². The van der Waals surface area contributed by atoms with E-state index in [2.05, 4.69) is 26.6 Å². The molecule has 2 aromatic carbocycles. The topological polar surface area (TPSA) is 53.9 Å². The molecule has 0 unspecified atom stereocenters. The van der Waals surface area contributed by atoms with E-state index in [4.69, 9.17) is 11.6 Å². The molecule has 0 saturated carbocycles. The lowest BCUT2D eigenvalue weighted by atomic mass is 10.1. The Morgan fingerprint density at radius 2 is 1.83 bits per heavy atom. The number of nitrogens with one attached hydrogen (secondary N) is 1. The molecular formula is C18H18ClN5. The normalized spacial score (nSPS) is 10.5. The highest BCUT2D eigenvalue weighted by molar-refractivity contribution is 6.33. The second-order valence-corrected chi connectivity index (χ2v) is 6.01. The molecule has 0 fully saturated rings. The van der Waals surface area contributed by atoms with Crippen LogP contribution in [0.3, 0.4) is 0 Å². The third-order valence-corrected chi connectivity index (χ3v) is 3.97. The second-order valence-electron chi connectivity index (χ2n) is 5.60. The van der Waals surface area contributed by atoms with Crippen molar-refractivity contribution >= 4 is 34.7 Å². The largest absolute Gasteiger partial charge is 0.337 e. The van der Waals surface area contributed by atoms with Crippen molar-refractivity contribution in [2.75, 3.05) is 17.3 Å². The van der Waals surface area contributed by atoms with Crippen molar-refractivity contribution in [3.8, 4) is 0 Å². The van der Waals surface area contributed by atoms with Gasteiger partial charge < -0.3 is 10.2 Å². The van der Waals surface area contributed by atoms with Crippen molar-refractivity contribution in [2.24, 2.45) is 0 Å². The van der Waals surface area contributed by atoms with E-state index in [0.29, 0.717) is 16.8 Å². The number of nitrogens with zero attached hydrogens (tertiary/aromatic N) is 4. The smallest absolute Gasteiger partial charge is 0.251 e. The van der Waals surface area contributed by atoms with E-state index in [-0.39, 0.29) is 0 Å². The van der Waals surface area contributed by atoms with Crippen LogP contribution >= 0.6 is 11.6 Å². The summed E-state index contributed by atoms with van der Waals surface area (Å²) in [4.78, 5) is 6.41. The molecule has 24 heavy (non-hydrogen) atoms. The summed E-state index contributed by atoms with van der Waals surface area (Å²) < 4.78 is 0. The van der Waals surface area contributed by atoms with Gasteiger partial charge in [-0.3, -0.25) is 0 Å². The number of anilines is 4. The average Bonchev–Trinajstić information content (AvgIpc) is 2.58. The van der Waals surface area contributed by atoms with Crippen LogP contribution in [0.25, 0.3) is 0 Å². The van der Waals surface area contributed by atoms with Gasteiger partial charge >= 0.3 is 0 Å². The first-order chi connectivity index (χ1) is 11.5. The third-order valence-electron chi connectivity index (χ3n) is 3.68. The number of hydrogen-bond acceptors (Lipinski definition) is 5. The highest BCUT2D eigenvalue weighted by atomic mass is 35.5. The van der Waals surface area contributed by atoms with Crippen molar-refractivity contribution in [1.82, 2.24) is 15.2 Å². The zero-order chi connectivity index (χ0) is 17.1. The summed E-state index contributed by atoms with van der Waals surface area (Å²) in [5.41, 5.74) is 3.99.